The van der Waals surface area contributed by atoms with E-state index in [1.165, 1.54) is 36.8 Å². The van der Waals surface area contributed by atoms with Crippen molar-refractivity contribution in [2.75, 3.05) is 13.1 Å². The minimum absolute atomic E-state index is 0.236. The molecule has 2 fully saturated rings. The minimum atomic E-state index is 0.236. The summed E-state index contributed by atoms with van der Waals surface area (Å²) in [6, 6.07) is 8.68. The van der Waals surface area contributed by atoms with Crippen LogP contribution in [0, 0.1) is 17.8 Å². The van der Waals surface area contributed by atoms with Gasteiger partial charge in [0.05, 0.1) is 0 Å². The van der Waals surface area contributed by atoms with Crippen LogP contribution in [0.4, 0.5) is 0 Å². The molecular formula is C21H32N2O. The smallest absolute Gasteiger partial charge is 0.220 e. The van der Waals surface area contributed by atoms with Gasteiger partial charge >= 0.3 is 0 Å². The average molecular weight is 329 g/mol. The van der Waals surface area contributed by atoms with Gasteiger partial charge in [0, 0.05) is 19.5 Å². The first-order valence-electron chi connectivity index (χ1n) is 9.74. The maximum Gasteiger partial charge on any atom is 0.220 e. The van der Waals surface area contributed by atoms with Crippen molar-refractivity contribution in [1.82, 2.24) is 10.2 Å². The standard InChI is InChI=1S/C21H32N2O/c1-3-23(4-2)15-17-7-5-16(6-8-17)14-22-21(24)13-20-12-18-9-10-19(20)11-18/h5-8,18-20H,3-4,9-15H2,1-2H3,(H,22,24). The maximum absolute atomic E-state index is 12.2. The molecule has 3 nitrogen and oxygen atoms in total. The zero-order valence-corrected chi connectivity index (χ0v) is 15.3. The van der Waals surface area contributed by atoms with Crippen molar-refractivity contribution in [1.29, 1.82) is 0 Å². The van der Waals surface area contributed by atoms with E-state index in [0.717, 1.165) is 37.9 Å². The first-order valence-corrected chi connectivity index (χ1v) is 9.74. The van der Waals surface area contributed by atoms with Crippen LogP contribution in [0.15, 0.2) is 24.3 Å². The van der Waals surface area contributed by atoms with Crippen LogP contribution in [-0.2, 0) is 17.9 Å². The van der Waals surface area contributed by atoms with E-state index in [1.807, 2.05) is 0 Å². The van der Waals surface area contributed by atoms with Gasteiger partial charge in [0.25, 0.3) is 0 Å². The molecular weight excluding hydrogens is 296 g/mol. The lowest BCUT2D eigenvalue weighted by molar-refractivity contribution is -0.122. The predicted molar refractivity (Wildman–Crippen MR) is 98.5 cm³/mol. The van der Waals surface area contributed by atoms with Crippen molar-refractivity contribution in [2.24, 2.45) is 17.8 Å². The summed E-state index contributed by atoms with van der Waals surface area (Å²) < 4.78 is 0. The number of fused-ring (bicyclic) bond motifs is 2. The van der Waals surface area contributed by atoms with E-state index in [4.69, 9.17) is 0 Å². The molecule has 2 aliphatic rings. The first kappa shape index (κ1) is 17.5. The number of nitrogens with one attached hydrogen (secondary N) is 1. The summed E-state index contributed by atoms with van der Waals surface area (Å²) in [5, 5.41) is 3.12. The van der Waals surface area contributed by atoms with Crippen molar-refractivity contribution in [3.8, 4) is 0 Å². The highest BCUT2D eigenvalue weighted by Crippen LogP contribution is 2.49. The quantitative estimate of drug-likeness (QED) is 0.783. The van der Waals surface area contributed by atoms with Crippen molar-refractivity contribution in [3.63, 3.8) is 0 Å². The molecule has 3 unspecified atom stereocenters. The second-order valence-electron chi connectivity index (χ2n) is 7.69. The van der Waals surface area contributed by atoms with Gasteiger partial charge in [-0.15, -0.1) is 0 Å². The van der Waals surface area contributed by atoms with Crippen molar-refractivity contribution in [2.45, 2.75) is 59.0 Å². The molecule has 2 saturated carbocycles. The number of hydrogen-bond acceptors (Lipinski definition) is 2. The lowest BCUT2D eigenvalue weighted by Gasteiger charge is -2.21. The molecule has 1 amide bonds. The van der Waals surface area contributed by atoms with Crippen molar-refractivity contribution in [3.05, 3.63) is 35.4 Å². The molecule has 1 aromatic rings. The number of rotatable bonds is 8. The van der Waals surface area contributed by atoms with Gasteiger partial charge < -0.3 is 5.32 Å². The molecule has 2 aliphatic carbocycles. The Morgan fingerprint density at radius 3 is 2.38 bits per heavy atom. The number of amides is 1. The van der Waals surface area contributed by atoms with E-state index in [1.54, 1.807) is 0 Å². The fourth-order valence-electron chi connectivity index (χ4n) is 4.61. The van der Waals surface area contributed by atoms with Gasteiger partial charge in [0.2, 0.25) is 5.91 Å². The number of carbonyl (C=O) groups is 1. The van der Waals surface area contributed by atoms with Crippen molar-refractivity contribution >= 4 is 5.91 Å². The van der Waals surface area contributed by atoms with Crippen LogP contribution >= 0.6 is 0 Å². The summed E-state index contributed by atoms with van der Waals surface area (Å²) in [6.45, 7) is 8.22. The number of nitrogens with zero attached hydrogens (tertiary/aromatic N) is 1. The van der Waals surface area contributed by atoms with E-state index in [9.17, 15) is 4.79 Å². The highest BCUT2D eigenvalue weighted by Gasteiger charge is 2.39. The third kappa shape index (κ3) is 4.38. The van der Waals surface area contributed by atoms with Gasteiger partial charge in [-0.3, -0.25) is 9.69 Å². The highest BCUT2D eigenvalue weighted by atomic mass is 16.1. The second-order valence-corrected chi connectivity index (χ2v) is 7.69. The summed E-state index contributed by atoms with van der Waals surface area (Å²) in [5.41, 5.74) is 2.54. The summed E-state index contributed by atoms with van der Waals surface area (Å²) in [4.78, 5) is 14.6. The van der Waals surface area contributed by atoms with Gasteiger partial charge in [0.15, 0.2) is 0 Å². The first-order chi connectivity index (χ1) is 11.7. The lowest BCUT2D eigenvalue weighted by atomic mass is 9.86. The van der Waals surface area contributed by atoms with Crippen LogP contribution in [0.25, 0.3) is 0 Å². The topological polar surface area (TPSA) is 32.3 Å². The van der Waals surface area contributed by atoms with E-state index in [0.29, 0.717) is 12.5 Å². The van der Waals surface area contributed by atoms with E-state index >= 15 is 0 Å². The molecule has 0 heterocycles. The summed E-state index contributed by atoms with van der Waals surface area (Å²) in [7, 11) is 0. The van der Waals surface area contributed by atoms with Gasteiger partial charge in [-0.05, 0) is 61.2 Å². The number of carbonyl (C=O) groups excluding carboxylic acids is 1. The molecule has 0 aliphatic heterocycles. The maximum atomic E-state index is 12.2. The predicted octanol–water partition coefficient (Wildman–Crippen LogP) is 3.97. The molecule has 0 radical (unpaired) electrons. The van der Waals surface area contributed by atoms with Crippen molar-refractivity contribution < 1.29 is 4.79 Å². The zero-order chi connectivity index (χ0) is 16.9. The monoisotopic (exact) mass is 328 g/mol. The van der Waals surface area contributed by atoms with Gasteiger partial charge in [-0.1, -0.05) is 44.5 Å². The molecule has 2 bridgehead atoms. The van der Waals surface area contributed by atoms with Crippen LogP contribution in [0.1, 0.15) is 57.1 Å². The Morgan fingerprint density at radius 1 is 1.08 bits per heavy atom. The Morgan fingerprint density at radius 2 is 1.79 bits per heavy atom. The molecule has 0 saturated heterocycles. The average Bonchev–Trinajstić information content (AvgIpc) is 3.22. The van der Waals surface area contributed by atoms with Crippen LogP contribution in [-0.4, -0.2) is 23.9 Å². The van der Waals surface area contributed by atoms with E-state index in [-0.39, 0.29) is 5.91 Å². The zero-order valence-electron chi connectivity index (χ0n) is 15.3. The van der Waals surface area contributed by atoms with Crippen LogP contribution in [0.2, 0.25) is 0 Å². The molecule has 0 spiro atoms. The Kier molecular flexibility index (Phi) is 5.94. The van der Waals surface area contributed by atoms with Gasteiger partial charge in [-0.2, -0.15) is 0 Å². The third-order valence-corrected chi connectivity index (χ3v) is 6.15. The fourth-order valence-corrected chi connectivity index (χ4v) is 4.61. The molecule has 3 rings (SSSR count). The third-order valence-electron chi connectivity index (χ3n) is 6.15. The molecule has 3 atom stereocenters. The molecule has 1 N–H and O–H groups in total. The number of benzene rings is 1. The Balaban J connectivity index is 1.42. The normalized spacial score (nSPS) is 25.4. The largest absolute Gasteiger partial charge is 0.352 e. The minimum Gasteiger partial charge on any atom is -0.352 e. The van der Waals surface area contributed by atoms with Gasteiger partial charge in [0.1, 0.15) is 0 Å². The summed E-state index contributed by atoms with van der Waals surface area (Å²) in [5.74, 6) is 2.64. The van der Waals surface area contributed by atoms with Crippen LogP contribution in [0.3, 0.4) is 0 Å². The molecule has 0 aromatic heterocycles. The Bertz CT molecular complexity index is 535. The van der Waals surface area contributed by atoms with Gasteiger partial charge in [-0.25, -0.2) is 0 Å². The van der Waals surface area contributed by atoms with E-state index < -0.39 is 0 Å². The number of hydrogen-bond donors (Lipinski definition) is 1. The Labute approximate surface area is 146 Å². The fraction of sp³-hybridized carbons (Fsp3) is 0.667. The van der Waals surface area contributed by atoms with Crippen LogP contribution < -0.4 is 5.32 Å². The Hall–Kier alpha value is -1.35. The summed E-state index contributed by atoms with van der Waals surface area (Å²) >= 11 is 0. The highest BCUT2D eigenvalue weighted by molar-refractivity contribution is 5.76. The molecule has 3 heteroatoms. The molecule has 1 aromatic carbocycles. The SMILES string of the molecule is CCN(CC)Cc1ccc(CNC(=O)CC2CC3CCC2C3)cc1. The van der Waals surface area contributed by atoms with E-state index in [2.05, 4.69) is 48.3 Å². The van der Waals surface area contributed by atoms with Crippen LogP contribution in [0.5, 0.6) is 0 Å². The lowest BCUT2D eigenvalue weighted by Crippen LogP contribution is -2.27. The molecule has 132 valence electrons. The molecule has 24 heavy (non-hydrogen) atoms. The second kappa shape index (κ2) is 8.15. The summed E-state index contributed by atoms with van der Waals surface area (Å²) in [6.07, 6.45) is 6.17.